The topological polar surface area (TPSA) is 144 Å². The van der Waals surface area contributed by atoms with Crippen molar-refractivity contribution < 1.29 is 27.5 Å². The summed E-state index contributed by atoms with van der Waals surface area (Å²) in [5.74, 6) is -2.39. The van der Waals surface area contributed by atoms with E-state index >= 15 is 0 Å². The predicted molar refractivity (Wildman–Crippen MR) is 131 cm³/mol. The van der Waals surface area contributed by atoms with Crippen molar-refractivity contribution in [3.05, 3.63) is 42.7 Å². The number of hydrogen-bond acceptors (Lipinski definition) is 8. The molecule has 0 fully saturated rings. The number of unbranched alkanes of at least 4 members (excludes halogenated alkanes) is 1. The van der Waals surface area contributed by atoms with Crippen LogP contribution in [0.15, 0.2) is 47.6 Å². The minimum atomic E-state index is -3.92. The third-order valence-corrected chi connectivity index (χ3v) is 6.58. The summed E-state index contributed by atoms with van der Waals surface area (Å²) in [6, 6.07) is 7.04. The molecule has 2 N–H and O–H groups in total. The number of ether oxygens (including phenoxy) is 1. The zero-order valence-corrected chi connectivity index (χ0v) is 21.2. The molecule has 0 bridgehead atoms. The van der Waals surface area contributed by atoms with E-state index in [2.05, 4.69) is 20.0 Å². The molecule has 0 saturated heterocycles. The molecule has 0 saturated carbocycles. The van der Waals surface area contributed by atoms with E-state index < -0.39 is 33.2 Å². The number of anilines is 2. The summed E-state index contributed by atoms with van der Waals surface area (Å²) in [7, 11) is -3.92. The zero-order chi connectivity index (χ0) is 26.1. The third-order valence-electron chi connectivity index (χ3n) is 5.24. The summed E-state index contributed by atoms with van der Waals surface area (Å²) in [6.07, 6.45) is 4.56. The molecule has 2 aromatic rings. The highest BCUT2D eigenvalue weighted by atomic mass is 32.2. The molecule has 1 amide bonds. The average molecular weight is 505 g/mol. The first kappa shape index (κ1) is 27.9. The highest BCUT2D eigenvalue weighted by Crippen LogP contribution is 2.26. The lowest BCUT2D eigenvalue weighted by Crippen LogP contribution is -2.35. The van der Waals surface area contributed by atoms with Gasteiger partial charge in [0.25, 0.3) is 10.0 Å². The van der Waals surface area contributed by atoms with Crippen molar-refractivity contribution in [2.75, 3.05) is 16.6 Å². The first-order valence-electron chi connectivity index (χ1n) is 11.4. The number of carbonyl (C=O) groups excluding carboxylic acids is 3. The summed E-state index contributed by atoms with van der Waals surface area (Å²) in [5, 5.41) is 2.64. The van der Waals surface area contributed by atoms with Gasteiger partial charge in [-0.15, -0.1) is 0 Å². The lowest BCUT2D eigenvalue weighted by molar-refractivity contribution is -0.156. The van der Waals surface area contributed by atoms with E-state index in [0.29, 0.717) is 12.3 Å². The maximum absolute atomic E-state index is 12.8. The second-order valence-corrected chi connectivity index (χ2v) is 10.4. The molecule has 11 heteroatoms. The third kappa shape index (κ3) is 8.13. The van der Waals surface area contributed by atoms with Gasteiger partial charge in [0, 0.05) is 24.5 Å². The monoisotopic (exact) mass is 504 g/mol. The van der Waals surface area contributed by atoms with Gasteiger partial charge in [0.1, 0.15) is 5.78 Å². The maximum Gasteiger partial charge on any atom is 0.311 e. The first-order valence-corrected chi connectivity index (χ1v) is 12.9. The normalized spacial score (nSPS) is 12.5. The van der Waals surface area contributed by atoms with Gasteiger partial charge in [0.05, 0.1) is 22.8 Å². The van der Waals surface area contributed by atoms with Gasteiger partial charge < -0.3 is 10.1 Å². The number of carbonyl (C=O) groups is 3. The Morgan fingerprint density at radius 1 is 1.06 bits per heavy atom. The fourth-order valence-corrected chi connectivity index (χ4v) is 4.13. The molecule has 1 heterocycles. The van der Waals surface area contributed by atoms with Crippen molar-refractivity contribution in [1.29, 1.82) is 0 Å². The number of Topliss-reactive ketones (excluding diaryl/α,β-unsaturated/α-hetero) is 1. The number of sulfonamides is 1. The summed E-state index contributed by atoms with van der Waals surface area (Å²) in [6.45, 7) is 7.23. The fourth-order valence-electron chi connectivity index (χ4n) is 3.17. The van der Waals surface area contributed by atoms with E-state index in [9.17, 15) is 22.8 Å². The van der Waals surface area contributed by atoms with Crippen LogP contribution in [0.5, 0.6) is 0 Å². The van der Waals surface area contributed by atoms with Crippen LogP contribution in [0.1, 0.15) is 53.4 Å². The van der Waals surface area contributed by atoms with Gasteiger partial charge in [-0.1, -0.05) is 20.3 Å². The van der Waals surface area contributed by atoms with Crippen molar-refractivity contribution in [1.82, 2.24) is 9.97 Å². The molecular weight excluding hydrogens is 472 g/mol. The van der Waals surface area contributed by atoms with Gasteiger partial charge in [-0.05, 0) is 57.0 Å². The van der Waals surface area contributed by atoms with E-state index in [1.165, 1.54) is 36.7 Å². The highest BCUT2D eigenvalue weighted by molar-refractivity contribution is 7.92. The number of nitrogens with zero attached hydrogens (tertiary/aromatic N) is 2. The van der Waals surface area contributed by atoms with Crippen molar-refractivity contribution in [3.8, 4) is 0 Å². The van der Waals surface area contributed by atoms with Crippen molar-refractivity contribution in [2.45, 2.75) is 58.3 Å². The minimum absolute atomic E-state index is 0.0468. The molecule has 0 aliphatic carbocycles. The molecule has 190 valence electrons. The fraction of sp³-hybridized carbons (Fsp3) is 0.458. The number of aromatic nitrogens is 2. The van der Waals surface area contributed by atoms with Crippen LogP contribution >= 0.6 is 0 Å². The molecule has 1 aromatic heterocycles. The average Bonchev–Trinajstić information content (AvgIpc) is 2.80. The molecule has 1 unspecified atom stereocenters. The minimum Gasteiger partial charge on any atom is -0.465 e. The smallest absolute Gasteiger partial charge is 0.311 e. The van der Waals surface area contributed by atoms with Crippen molar-refractivity contribution in [3.63, 3.8) is 0 Å². The molecule has 0 radical (unpaired) electrons. The van der Waals surface area contributed by atoms with Gasteiger partial charge in [0.2, 0.25) is 11.9 Å². The van der Waals surface area contributed by atoms with Crippen LogP contribution in [0.25, 0.3) is 0 Å². The van der Waals surface area contributed by atoms with E-state index in [4.69, 9.17) is 4.74 Å². The van der Waals surface area contributed by atoms with Crippen LogP contribution in [0.4, 0.5) is 11.6 Å². The Hall–Kier alpha value is -3.34. The first-order chi connectivity index (χ1) is 16.5. The maximum atomic E-state index is 12.8. The molecule has 10 nitrogen and oxygen atoms in total. The summed E-state index contributed by atoms with van der Waals surface area (Å²) < 4.78 is 32.5. The van der Waals surface area contributed by atoms with Gasteiger partial charge in [-0.25, -0.2) is 23.1 Å². The largest absolute Gasteiger partial charge is 0.465 e. The van der Waals surface area contributed by atoms with Crippen LogP contribution in [0.2, 0.25) is 0 Å². The molecule has 0 spiro atoms. The summed E-state index contributed by atoms with van der Waals surface area (Å²) >= 11 is 0. The number of rotatable bonds is 13. The summed E-state index contributed by atoms with van der Waals surface area (Å²) in [5.41, 5.74) is -0.723. The molecule has 0 aliphatic heterocycles. The van der Waals surface area contributed by atoms with E-state index in [1.54, 1.807) is 26.8 Å². The molecule has 2 rings (SSSR count). The Labute approximate surface area is 205 Å². The van der Waals surface area contributed by atoms with E-state index in [-0.39, 0.29) is 29.5 Å². The molecule has 35 heavy (non-hydrogen) atoms. The Morgan fingerprint density at radius 3 is 2.26 bits per heavy atom. The Morgan fingerprint density at radius 2 is 1.69 bits per heavy atom. The van der Waals surface area contributed by atoms with Gasteiger partial charge in [0.15, 0.2) is 0 Å². The van der Waals surface area contributed by atoms with Crippen molar-refractivity contribution in [2.24, 2.45) is 11.3 Å². The van der Waals surface area contributed by atoms with Gasteiger partial charge in [-0.3, -0.25) is 14.4 Å². The predicted octanol–water partition coefficient (Wildman–Crippen LogP) is 3.57. The summed E-state index contributed by atoms with van der Waals surface area (Å²) in [4.78, 5) is 45.6. The Kier molecular flexibility index (Phi) is 9.88. The quantitative estimate of drug-likeness (QED) is 0.239. The Balaban J connectivity index is 2.02. The number of hydrogen-bond donors (Lipinski definition) is 2. The van der Waals surface area contributed by atoms with Crippen molar-refractivity contribution >= 4 is 39.3 Å². The lowest BCUT2D eigenvalue weighted by Gasteiger charge is -2.24. The number of ketones is 1. The second-order valence-electron chi connectivity index (χ2n) is 8.67. The Bertz CT molecular complexity index is 1120. The number of nitrogens with one attached hydrogen (secondary N) is 2. The zero-order valence-electron chi connectivity index (χ0n) is 20.4. The lowest BCUT2D eigenvalue weighted by atomic mass is 9.83. The molecule has 1 atom stereocenters. The van der Waals surface area contributed by atoms with Crippen LogP contribution < -0.4 is 10.0 Å². The van der Waals surface area contributed by atoms with Crippen LogP contribution in [0.3, 0.4) is 0 Å². The van der Waals surface area contributed by atoms with Crippen LogP contribution in [-0.4, -0.2) is 42.7 Å². The number of amides is 1. The van der Waals surface area contributed by atoms with E-state index in [0.717, 1.165) is 12.8 Å². The molecule has 0 aliphatic rings. The molecule has 1 aromatic carbocycles. The number of esters is 1. The van der Waals surface area contributed by atoms with Crippen LogP contribution in [-0.2, 0) is 29.1 Å². The van der Waals surface area contributed by atoms with Gasteiger partial charge in [-0.2, -0.15) is 0 Å². The SMILES string of the molecule is CCCCOC(=O)C(C)(C)CC(=O)C(CC)C(=O)Nc1ccc(S(=O)(=O)Nc2ncccn2)cc1. The van der Waals surface area contributed by atoms with Gasteiger partial charge >= 0.3 is 5.97 Å². The number of benzene rings is 1. The highest BCUT2D eigenvalue weighted by Gasteiger charge is 2.36. The molecular formula is C24H32N4O6S. The standard InChI is InChI=1S/C24H32N4O6S/c1-5-7-15-34-22(31)24(3,4)16-20(29)19(6-2)21(30)27-17-9-11-18(12-10-17)35(32,33)28-23-25-13-8-14-26-23/h8-14,19H,5-7,15-16H2,1-4H3,(H,27,30)(H,25,26,28). The van der Waals surface area contributed by atoms with Crippen LogP contribution in [0, 0.1) is 11.3 Å². The van der Waals surface area contributed by atoms with E-state index in [1.807, 2.05) is 6.92 Å². The second kappa shape index (κ2) is 12.4.